The third-order valence-electron chi connectivity index (χ3n) is 5.22. The van der Waals surface area contributed by atoms with Gasteiger partial charge in [-0.15, -0.1) is 0 Å². The Labute approximate surface area is 162 Å². The summed E-state index contributed by atoms with van der Waals surface area (Å²) in [6, 6.07) is 10.2. The van der Waals surface area contributed by atoms with E-state index in [0.717, 1.165) is 6.42 Å². The van der Waals surface area contributed by atoms with Crippen molar-refractivity contribution in [1.29, 1.82) is 0 Å². The van der Waals surface area contributed by atoms with E-state index in [1.54, 1.807) is 0 Å². The lowest BCUT2D eigenvalue weighted by Crippen LogP contribution is -2.42. The van der Waals surface area contributed by atoms with Crippen LogP contribution in [0.25, 0.3) is 0 Å². The molecule has 27 heavy (non-hydrogen) atoms. The zero-order chi connectivity index (χ0) is 19.1. The smallest absolute Gasteiger partial charge is 0.306 e. The zero-order valence-electron chi connectivity index (χ0n) is 16.3. The standard InChI is InChI=1S/C23H30O4/c1-17-9-8-13-20(18(2)15-25-16-19-10-4-3-5-11-19)26-21-12-6-7-14-22(24)27-23(17)21/h3-6,8-12,17-18,20-21,23H,7,13-16H2,1-2H3/b9-8-,12-6-/t17-,18+,20-,21-,23+/m0/s1. The number of esters is 1. The summed E-state index contributed by atoms with van der Waals surface area (Å²) in [7, 11) is 0. The van der Waals surface area contributed by atoms with Crippen molar-refractivity contribution in [2.24, 2.45) is 11.8 Å². The number of benzene rings is 1. The molecule has 0 radical (unpaired) electrons. The highest BCUT2D eigenvalue weighted by molar-refractivity contribution is 5.70. The van der Waals surface area contributed by atoms with Gasteiger partial charge in [0, 0.05) is 18.3 Å². The van der Waals surface area contributed by atoms with Crippen molar-refractivity contribution in [3.8, 4) is 0 Å². The van der Waals surface area contributed by atoms with E-state index in [0.29, 0.717) is 26.1 Å². The summed E-state index contributed by atoms with van der Waals surface area (Å²) in [6.45, 7) is 5.47. The number of ether oxygens (including phenoxy) is 3. The van der Waals surface area contributed by atoms with E-state index in [1.807, 2.05) is 24.3 Å². The van der Waals surface area contributed by atoms with Gasteiger partial charge in [-0.25, -0.2) is 0 Å². The third-order valence-corrected chi connectivity index (χ3v) is 5.22. The van der Waals surface area contributed by atoms with Crippen molar-refractivity contribution in [2.45, 2.75) is 58.0 Å². The first kappa shape index (κ1) is 19.8. The molecule has 0 aromatic heterocycles. The SMILES string of the molecule is C[C@H](COCc1ccccc1)[C@@H]1C/C=C\[C@H](C)[C@H]2OC(=O)CC/C=C\[C@@H]2O1. The first-order valence-electron chi connectivity index (χ1n) is 9.93. The molecular formula is C23H30O4. The lowest BCUT2D eigenvalue weighted by atomic mass is 9.93. The number of fused-ring (bicyclic) bond motifs is 1. The van der Waals surface area contributed by atoms with Gasteiger partial charge >= 0.3 is 5.97 Å². The molecule has 1 aromatic carbocycles. The van der Waals surface area contributed by atoms with Gasteiger partial charge < -0.3 is 14.2 Å². The van der Waals surface area contributed by atoms with Crippen LogP contribution in [0.4, 0.5) is 0 Å². The summed E-state index contributed by atoms with van der Waals surface area (Å²) in [5.74, 6) is 0.226. The van der Waals surface area contributed by atoms with Crippen LogP contribution < -0.4 is 0 Å². The predicted molar refractivity (Wildman–Crippen MR) is 105 cm³/mol. The number of carbonyl (C=O) groups is 1. The minimum Gasteiger partial charge on any atom is -0.459 e. The molecule has 4 heteroatoms. The molecule has 1 aromatic rings. The molecule has 0 saturated heterocycles. The van der Waals surface area contributed by atoms with E-state index in [-0.39, 0.29) is 36.1 Å². The van der Waals surface area contributed by atoms with E-state index in [1.165, 1.54) is 5.56 Å². The molecule has 0 fully saturated rings. The molecule has 4 nitrogen and oxygen atoms in total. The molecule has 2 aliphatic rings. The summed E-state index contributed by atoms with van der Waals surface area (Å²) < 4.78 is 18.0. The molecule has 5 atom stereocenters. The Bertz CT molecular complexity index is 652. The molecule has 0 aliphatic carbocycles. The highest BCUT2D eigenvalue weighted by Crippen LogP contribution is 2.27. The summed E-state index contributed by atoms with van der Waals surface area (Å²) >= 11 is 0. The van der Waals surface area contributed by atoms with Crippen molar-refractivity contribution in [2.75, 3.05) is 6.61 Å². The van der Waals surface area contributed by atoms with E-state index in [9.17, 15) is 4.79 Å². The van der Waals surface area contributed by atoms with Crippen LogP contribution in [0.3, 0.4) is 0 Å². The number of rotatable bonds is 5. The summed E-state index contributed by atoms with van der Waals surface area (Å²) in [5.41, 5.74) is 1.17. The van der Waals surface area contributed by atoms with Gasteiger partial charge in [0.25, 0.3) is 0 Å². The third kappa shape index (κ3) is 5.78. The minimum atomic E-state index is -0.273. The average molecular weight is 370 g/mol. The van der Waals surface area contributed by atoms with E-state index in [2.05, 4.69) is 44.2 Å². The van der Waals surface area contributed by atoms with Crippen LogP contribution >= 0.6 is 0 Å². The highest BCUT2D eigenvalue weighted by atomic mass is 16.6. The number of carbonyl (C=O) groups excluding carboxylic acids is 1. The Hall–Kier alpha value is -1.91. The summed E-state index contributed by atoms with van der Waals surface area (Å²) in [5, 5.41) is 0. The van der Waals surface area contributed by atoms with Crippen LogP contribution in [0, 0.1) is 11.8 Å². The van der Waals surface area contributed by atoms with Crippen molar-refractivity contribution < 1.29 is 19.0 Å². The van der Waals surface area contributed by atoms with E-state index in [4.69, 9.17) is 14.2 Å². The lowest BCUT2D eigenvalue weighted by molar-refractivity contribution is -0.164. The quantitative estimate of drug-likeness (QED) is 0.567. The molecule has 0 spiro atoms. The van der Waals surface area contributed by atoms with Crippen LogP contribution in [-0.2, 0) is 25.6 Å². The van der Waals surface area contributed by atoms with Crippen LogP contribution in [0.2, 0.25) is 0 Å². The Morgan fingerprint density at radius 3 is 2.81 bits per heavy atom. The molecule has 0 amide bonds. The van der Waals surface area contributed by atoms with Gasteiger partial charge in [-0.05, 0) is 18.4 Å². The highest BCUT2D eigenvalue weighted by Gasteiger charge is 2.33. The first-order valence-corrected chi connectivity index (χ1v) is 9.93. The van der Waals surface area contributed by atoms with Crippen LogP contribution in [0.5, 0.6) is 0 Å². The molecule has 0 unspecified atom stereocenters. The maximum atomic E-state index is 12.0. The molecule has 0 bridgehead atoms. The van der Waals surface area contributed by atoms with Crippen molar-refractivity contribution in [3.05, 3.63) is 60.2 Å². The maximum Gasteiger partial charge on any atom is 0.306 e. The van der Waals surface area contributed by atoms with Crippen LogP contribution in [0.15, 0.2) is 54.6 Å². The molecule has 0 N–H and O–H groups in total. The number of hydrogen-bond acceptors (Lipinski definition) is 4. The molecular weight excluding hydrogens is 340 g/mol. The van der Waals surface area contributed by atoms with Gasteiger partial charge in [0.05, 0.1) is 19.3 Å². The number of hydrogen-bond donors (Lipinski definition) is 0. The summed E-state index contributed by atoms with van der Waals surface area (Å²) in [4.78, 5) is 12.0. The van der Waals surface area contributed by atoms with Crippen molar-refractivity contribution >= 4 is 5.97 Å². The zero-order valence-corrected chi connectivity index (χ0v) is 16.3. The fourth-order valence-electron chi connectivity index (χ4n) is 3.55. The molecule has 2 heterocycles. The number of allylic oxidation sites excluding steroid dienone is 1. The topological polar surface area (TPSA) is 44.8 Å². The summed E-state index contributed by atoms with van der Waals surface area (Å²) in [6.07, 6.45) is 9.93. The van der Waals surface area contributed by atoms with Gasteiger partial charge in [0.1, 0.15) is 12.2 Å². The fourth-order valence-corrected chi connectivity index (χ4v) is 3.55. The normalized spacial score (nSPS) is 32.0. The van der Waals surface area contributed by atoms with Crippen molar-refractivity contribution in [3.63, 3.8) is 0 Å². The Balaban J connectivity index is 1.62. The monoisotopic (exact) mass is 370 g/mol. The lowest BCUT2D eigenvalue weighted by Gasteiger charge is -2.35. The van der Waals surface area contributed by atoms with Gasteiger partial charge in [-0.1, -0.05) is 68.5 Å². The van der Waals surface area contributed by atoms with E-state index < -0.39 is 0 Å². The second-order valence-electron chi connectivity index (χ2n) is 7.56. The van der Waals surface area contributed by atoms with Gasteiger partial charge in [0.2, 0.25) is 0 Å². The molecule has 3 rings (SSSR count). The van der Waals surface area contributed by atoms with Crippen molar-refractivity contribution in [1.82, 2.24) is 0 Å². The first-order chi connectivity index (χ1) is 13.1. The van der Waals surface area contributed by atoms with Crippen LogP contribution in [0.1, 0.15) is 38.7 Å². The fraction of sp³-hybridized carbons (Fsp3) is 0.522. The molecule has 0 saturated carbocycles. The average Bonchev–Trinajstić information content (AvgIpc) is 2.65. The Morgan fingerprint density at radius 1 is 1.19 bits per heavy atom. The minimum absolute atomic E-state index is 0.0276. The second-order valence-corrected chi connectivity index (χ2v) is 7.56. The predicted octanol–water partition coefficient (Wildman–Crippen LogP) is 4.45. The Kier molecular flexibility index (Phi) is 7.25. The molecule has 146 valence electrons. The largest absolute Gasteiger partial charge is 0.459 e. The van der Waals surface area contributed by atoms with Gasteiger partial charge in [-0.2, -0.15) is 0 Å². The van der Waals surface area contributed by atoms with Crippen LogP contribution in [-0.4, -0.2) is 30.9 Å². The second kappa shape index (κ2) is 9.86. The van der Waals surface area contributed by atoms with Gasteiger partial charge in [0.15, 0.2) is 0 Å². The van der Waals surface area contributed by atoms with Gasteiger partial charge in [-0.3, -0.25) is 4.79 Å². The maximum absolute atomic E-state index is 12.0. The van der Waals surface area contributed by atoms with E-state index >= 15 is 0 Å². The molecule has 2 aliphatic heterocycles. The Morgan fingerprint density at radius 2 is 2.00 bits per heavy atom.